The maximum Gasteiger partial charge on any atom is 0.239 e. The van der Waals surface area contributed by atoms with Crippen molar-refractivity contribution in [3.8, 4) is 0 Å². The first kappa shape index (κ1) is 36.5. The van der Waals surface area contributed by atoms with Crippen LogP contribution in [0.5, 0.6) is 0 Å². The van der Waals surface area contributed by atoms with Crippen LogP contribution in [-0.4, -0.2) is 69.5 Å². The number of hydrogen-bond acceptors (Lipinski definition) is 7. The third-order valence-electron chi connectivity index (χ3n) is 8.54. The van der Waals surface area contributed by atoms with E-state index in [4.69, 9.17) is 0 Å². The van der Waals surface area contributed by atoms with Crippen LogP contribution in [0.25, 0.3) is 10.8 Å². The molecule has 1 saturated carbocycles. The number of amides is 2. The molecule has 1 aliphatic carbocycles. The van der Waals surface area contributed by atoms with Gasteiger partial charge in [-0.25, -0.2) is 21.6 Å². The van der Waals surface area contributed by atoms with Crippen molar-refractivity contribution in [3.05, 3.63) is 78.4 Å². The minimum atomic E-state index is -4.13. The van der Waals surface area contributed by atoms with E-state index in [1.54, 1.807) is 18.2 Å². The SMILES string of the molecule is CC1CC(CC(O)C(Cc2ccccc2)NC(=O)C(CS(=O)(=O)c2ccc3ccccc3c2)NS(C)(=O)=O)C(C(=O)NC(C)(C)C)C1. The number of sulfonamides is 1. The molecule has 0 heterocycles. The van der Waals surface area contributed by atoms with Gasteiger partial charge in [-0.3, -0.25) is 9.59 Å². The number of aliphatic hydroxyl groups excluding tert-OH is 1. The second kappa shape index (κ2) is 14.8. The van der Waals surface area contributed by atoms with Gasteiger partial charge >= 0.3 is 0 Å². The van der Waals surface area contributed by atoms with Crippen molar-refractivity contribution in [2.24, 2.45) is 17.8 Å². The fraction of sp³-hybridized carbons (Fsp3) is 0.486. The maximum absolute atomic E-state index is 13.8. The number of carbonyl (C=O) groups is 2. The molecule has 1 fully saturated rings. The highest BCUT2D eigenvalue weighted by Crippen LogP contribution is 2.40. The zero-order valence-electron chi connectivity index (χ0n) is 27.6. The molecule has 0 aromatic heterocycles. The summed E-state index contributed by atoms with van der Waals surface area (Å²) in [6.07, 6.45) is 1.60. The number of carbonyl (C=O) groups excluding carboxylic acids is 2. The highest BCUT2D eigenvalue weighted by atomic mass is 32.2. The fourth-order valence-electron chi connectivity index (χ4n) is 6.45. The van der Waals surface area contributed by atoms with Gasteiger partial charge in [0.05, 0.1) is 29.0 Å². The molecule has 47 heavy (non-hydrogen) atoms. The summed E-state index contributed by atoms with van der Waals surface area (Å²) in [6.45, 7) is 7.82. The molecule has 3 aromatic rings. The van der Waals surface area contributed by atoms with Gasteiger partial charge in [-0.15, -0.1) is 0 Å². The molecule has 6 unspecified atom stereocenters. The summed E-state index contributed by atoms with van der Waals surface area (Å²) >= 11 is 0. The molecule has 2 amide bonds. The molecule has 6 atom stereocenters. The van der Waals surface area contributed by atoms with Gasteiger partial charge in [0, 0.05) is 11.5 Å². The van der Waals surface area contributed by atoms with Crippen LogP contribution >= 0.6 is 0 Å². The van der Waals surface area contributed by atoms with Crippen molar-refractivity contribution in [2.75, 3.05) is 12.0 Å². The Morgan fingerprint density at radius 2 is 1.55 bits per heavy atom. The Balaban J connectivity index is 1.58. The van der Waals surface area contributed by atoms with Gasteiger partial charge in [0.25, 0.3) is 0 Å². The largest absolute Gasteiger partial charge is 0.391 e. The Labute approximate surface area is 278 Å². The lowest BCUT2D eigenvalue weighted by molar-refractivity contribution is -0.128. The maximum atomic E-state index is 13.8. The van der Waals surface area contributed by atoms with Gasteiger partial charge in [-0.1, -0.05) is 67.6 Å². The summed E-state index contributed by atoms with van der Waals surface area (Å²) in [5, 5.41) is 19.0. The van der Waals surface area contributed by atoms with Crippen LogP contribution in [0.1, 0.15) is 52.5 Å². The van der Waals surface area contributed by atoms with Gasteiger partial charge in [-0.05, 0) is 86.8 Å². The van der Waals surface area contributed by atoms with Crippen LogP contribution in [0.2, 0.25) is 0 Å². The molecule has 0 aliphatic heterocycles. The molecular weight excluding hydrogens is 639 g/mol. The average molecular weight is 686 g/mol. The summed E-state index contributed by atoms with van der Waals surface area (Å²) in [5.41, 5.74) is 0.403. The second-order valence-corrected chi connectivity index (χ2v) is 17.8. The van der Waals surface area contributed by atoms with Crippen LogP contribution < -0.4 is 15.4 Å². The minimum absolute atomic E-state index is 0.0416. The summed E-state index contributed by atoms with van der Waals surface area (Å²) in [7, 11) is -8.15. The van der Waals surface area contributed by atoms with Crippen molar-refractivity contribution in [3.63, 3.8) is 0 Å². The second-order valence-electron chi connectivity index (χ2n) is 14.0. The van der Waals surface area contributed by atoms with E-state index in [2.05, 4.69) is 22.3 Å². The Morgan fingerprint density at radius 1 is 0.915 bits per heavy atom. The minimum Gasteiger partial charge on any atom is -0.391 e. The van der Waals surface area contributed by atoms with Gasteiger partial charge < -0.3 is 15.7 Å². The van der Waals surface area contributed by atoms with E-state index in [1.165, 1.54) is 12.1 Å². The first-order valence-electron chi connectivity index (χ1n) is 15.9. The predicted molar refractivity (Wildman–Crippen MR) is 184 cm³/mol. The molecule has 0 radical (unpaired) electrons. The van der Waals surface area contributed by atoms with E-state index in [9.17, 15) is 31.5 Å². The first-order chi connectivity index (χ1) is 21.9. The van der Waals surface area contributed by atoms with Crippen molar-refractivity contribution in [1.29, 1.82) is 0 Å². The zero-order valence-corrected chi connectivity index (χ0v) is 29.3. The van der Waals surface area contributed by atoms with Crippen LogP contribution in [0.15, 0.2) is 77.7 Å². The van der Waals surface area contributed by atoms with Gasteiger partial charge in [-0.2, -0.15) is 0 Å². The van der Waals surface area contributed by atoms with Crippen molar-refractivity contribution in [2.45, 2.75) is 82.0 Å². The molecule has 10 nitrogen and oxygen atoms in total. The number of rotatable bonds is 13. The Hall–Kier alpha value is -3.32. The third-order valence-corrected chi connectivity index (χ3v) is 11.0. The van der Waals surface area contributed by atoms with Crippen LogP contribution in [-0.2, 0) is 35.9 Å². The molecule has 0 saturated heterocycles. The summed E-state index contributed by atoms with van der Waals surface area (Å²) in [6, 6.07) is 18.5. The van der Waals surface area contributed by atoms with E-state index in [0.29, 0.717) is 11.8 Å². The quantitative estimate of drug-likeness (QED) is 0.214. The Kier molecular flexibility index (Phi) is 11.5. The van der Waals surface area contributed by atoms with E-state index in [1.807, 2.05) is 63.2 Å². The number of nitrogens with one attached hydrogen (secondary N) is 3. The predicted octanol–water partition coefficient (Wildman–Crippen LogP) is 3.59. The van der Waals surface area contributed by atoms with Crippen molar-refractivity contribution in [1.82, 2.24) is 15.4 Å². The molecule has 3 aromatic carbocycles. The van der Waals surface area contributed by atoms with Crippen molar-refractivity contribution >= 4 is 42.4 Å². The zero-order chi connectivity index (χ0) is 34.6. The smallest absolute Gasteiger partial charge is 0.239 e. The third kappa shape index (κ3) is 10.6. The lowest BCUT2D eigenvalue weighted by Gasteiger charge is -2.31. The highest BCUT2D eigenvalue weighted by Gasteiger charge is 2.40. The lowest BCUT2D eigenvalue weighted by Crippen LogP contribution is -2.55. The number of sulfone groups is 1. The highest BCUT2D eigenvalue weighted by molar-refractivity contribution is 7.91. The summed E-state index contributed by atoms with van der Waals surface area (Å²) in [4.78, 5) is 26.9. The van der Waals surface area contributed by atoms with Gasteiger partial charge in [0.15, 0.2) is 9.84 Å². The molecule has 0 bridgehead atoms. The van der Waals surface area contributed by atoms with Gasteiger partial charge in [0.2, 0.25) is 21.8 Å². The number of aliphatic hydroxyl groups is 1. The van der Waals surface area contributed by atoms with Crippen LogP contribution in [0, 0.1) is 17.8 Å². The molecule has 12 heteroatoms. The monoisotopic (exact) mass is 685 g/mol. The molecular formula is C35H47N3O7S2. The van der Waals surface area contributed by atoms with E-state index in [-0.39, 0.29) is 41.4 Å². The number of fused-ring (bicyclic) bond motifs is 1. The molecule has 256 valence electrons. The average Bonchev–Trinajstić information content (AvgIpc) is 3.34. The molecule has 0 spiro atoms. The topological polar surface area (TPSA) is 159 Å². The van der Waals surface area contributed by atoms with Crippen LogP contribution in [0.3, 0.4) is 0 Å². The van der Waals surface area contributed by atoms with E-state index < -0.39 is 55.2 Å². The number of benzene rings is 3. The molecule has 4 rings (SSSR count). The Morgan fingerprint density at radius 3 is 2.19 bits per heavy atom. The fourth-order valence-corrected chi connectivity index (χ4v) is 8.71. The standard InChI is InChI=1S/C35H47N3O7S2/c1-23-17-27(29(18-23)33(40)37-35(2,3)4)21-32(39)30(19-24-11-7-6-8-12-24)36-34(41)31(38-46(5,42)43)22-47(44,45)28-16-15-25-13-9-10-14-26(25)20-28/h6-16,20,23,27,29-32,38-39H,17-19,21-22H2,1-5H3,(H,36,41)(H,37,40). The lowest BCUT2D eigenvalue weighted by atomic mass is 9.86. The normalized spacial score (nSPS) is 20.8. The van der Waals surface area contributed by atoms with Crippen molar-refractivity contribution < 1.29 is 31.5 Å². The van der Waals surface area contributed by atoms with Crippen LogP contribution in [0.4, 0.5) is 0 Å². The number of hydrogen-bond donors (Lipinski definition) is 4. The summed E-state index contributed by atoms with van der Waals surface area (Å²) in [5.74, 6) is -1.95. The Bertz CT molecular complexity index is 1770. The first-order valence-corrected chi connectivity index (χ1v) is 19.5. The molecule has 1 aliphatic rings. The summed E-state index contributed by atoms with van der Waals surface area (Å²) < 4.78 is 54.0. The van der Waals surface area contributed by atoms with Gasteiger partial charge in [0.1, 0.15) is 6.04 Å². The molecule has 4 N–H and O–H groups in total. The van der Waals surface area contributed by atoms with E-state index >= 15 is 0 Å². The van der Waals surface area contributed by atoms with E-state index in [0.717, 1.165) is 23.6 Å².